The zero-order valence-electron chi connectivity index (χ0n) is 11.2. The van der Waals surface area contributed by atoms with E-state index in [1.54, 1.807) is 0 Å². The zero-order valence-corrected chi connectivity index (χ0v) is 11.2. The molecule has 0 saturated heterocycles. The molecule has 0 bridgehead atoms. The quantitative estimate of drug-likeness (QED) is 0.771. The van der Waals surface area contributed by atoms with Crippen LogP contribution in [0.5, 0.6) is 0 Å². The highest BCUT2D eigenvalue weighted by Crippen LogP contribution is 2.36. The van der Waals surface area contributed by atoms with Crippen molar-refractivity contribution >= 4 is 5.91 Å². The summed E-state index contributed by atoms with van der Waals surface area (Å²) < 4.78 is 26.0. The number of amides is 1. The van der Waals surface area contributed by atoms with Crippen molar-refractivity contribution in [2.24, 2.45) is 5.92 Å². The molecule has 0 aromatic rings. The molecule has 2 N–H and O–H groups in total. The first-order valence-electron chi connectivity index (χ1n) is 7.11. The predicted octanol–water partition coefficient (Wildman–Crippen LogP) is 2.24. The highest BCUT2D eigenvalue weighted by Gasteiger charge is 2.37. The molecule has 1 amide bonds. The summed E-state index contributed by atoms with van der Waals surface area (Å²) in [6, 6.07) is 0. The Morgan fingerprint density at radius 1 is 1.42 bits per heavy atom. The molecule has 108 valence electrons. The number of halogens is 2. The molecule has 1 fully saturated rings. The summed E-state index contributed by atoms with van der Waals surface area (Å²) in [6.45, 7) is 2.52. The van der Waals surface area contributed by atoms with Gasteiger partial charge in [0, 0.05) is 31.8 Å². The number of carbonyl (C=O) groups excluding carboxylic acids is 1. The molecule has 19 heavy (non-hydrogen) atoms. The molecule has 0 atom stereocenters. The van der Waals surface area contributed by atoms with Gasteiger partial charge in [0.25, 0.3) is 0 Å². The van der Waals surface area contributed by atoms with Crippen molar-refractivity contribution in [1.82, 2.24) is 10.6 Å². The van der Waals surface area contributed by atoms with E-state index >= 15 is 0 Å². The van der Waals surface area contributed by atoms with E-state index in [1.807, 2.05) is 0 Å². The Morgan fingerprint density at radius 2 is 2.16 bits per heavy atom. The SMILES string of the molecule is O=C(NCCC1=CCNCC1)C1CCC(F)(F)CC1. The molecule has 2 rings (SSSR count). The zero-order chi connectivity index (χ0) is 13.7. The summed E-state index contributed by atoms with van der Waals surface area (Å²) in [5.41, 5.74) is 1.37. The molecule has 0 unspecified atom stereocenters. The van der Waals surface area contributed by atoms with E-state index < -0.39 is 5.92 Å². The molecule has 1 heterocycles. The van der Waals surface area contributed by atoms with E-state index in [0.717, 1.165) is 25.9 Å². The van der Waals surface area contributed by atoms with E-state index in [0.29, 0.717) is 19.4 Å². The van der Waals surface area contributed by atoms with Crippen LogP contribution in [0.25, 0.3) is 0 Å². The van der Waals surface area contributed by atoms with E-state index in [1.165, 1.54) is 5.57 Å². The van der Waals surface area contributed by atoms with Crippen LogP contribution in [-0.4, -0.2) is 31.5 Å². The minimum absolute atomic E-state index is 0.0509. The second-order valence-electron chi connectivity index (χ2n) is 5.49. The molecule has 1 aliphatic heterocycles. The lowest BCUT2D eigenvalue weighted by atomic mass is 9.86. The van der Waals surface area contributed by atoms with Gasteiger partial charge in [-0.2, -0.15) is 0 Å². The van der Waals surface area contributed by atoms with Gasteiger partial charge in [0.2, 0.25) is 11.8 Å². The van der Waals surface area contributed by atoms with Crippen LogP contribution < -0.4 is 10.6 Å². The number of hydrogen-bond acceptors (Lipinski definition) is 2. The normalized spacial score (nSPS) is 23.8. The van der Waals surface area contributed by atoms with Crippen LogP contribution >= 0.6 is 0 Å². The Labute approximate surface area is 112 Å². The molecule has 0 radical (unpaired) electrons. The fourth-order valence-corrected chi connectivity index (χ4v) is 2.69. The molecular weight excluding hydrogens is 250 g/mol. The first kappa shape index (κ1) is 14.4. The maximum Gasteiger partial charge on any atom is 0.248 e. The van der Waals surface area contributed by atoms with Gasteiger partial charge in [-0.05, 0) is 32.2 Å². The van der Waals surface area contributed by atoms with Crippen LogP contribution in [0.1, 0.15) is 38.5 Å². The standard InChI is InChI=1S/C14H22F2N2O/c15-14(16)6-1-12(2-7-14)13(19)18-10-5-11-3-8-17-9-4-11/h3,12,17H,1-2,4-10H2,(H,18,19). The van der Waals surface area contributed by atoms with Gasteiger partial charge < -0.3 is 10.6 Å². The Balaban J connectivity index is 1.66. The molecule has 1 aliphatic carbocycles. The van der Waals surface area contributed by atoms with Crippen molar-refractivity contribution in [3.63, 3.8) is 0 Å². The van der Waals surface area contributed by atoms with Crippen molar-refractivity contribution in [2.45, 2.75) is 44.4 Å². The van der Waals surface area contributed by atoms with Crippen molar-refractivity contribution in [1.29, 1.82) is 0 Å². The number of rotatable bonds is 4. The van der Waals surface area contributed by atoms with Crippen LogP contribution in [0.15, 0.2) is 11.6 Å². The lowest BCUT2D eigenvalue weighted by Gasteiger charge is -2.27. The highest BCUT2D eigenvalue weighted by atomic mass is 19.3. The van der Waals surface area contributed by atoms with Gasteiger partial charge in [-0.1, -0.05) is 11.6 Å². The first-order chi connectivity index (χ1) is 9.07. The van der Waals surface area contributed by atoms with Crippen LogP contribution in [0, 0.1) is 5.92 Å². The van der Waals surface area contributed by atoms with Crippen LogP contribution in [-0.2, 0) is 4.79 Å². The highest BCUT2D eigenvalue weighted by molar-refractivity contribution is 5.78. The largest absolute Gasteiger partial charge is 0.356 e. The molecule has 1 saturated carbocycles. The lowest BCUT2D eigenvalue weighted by Crippen LogP contribution is -2.36. The third-order valence-electron chi connectivity index (χ3n) is 3.99. The van der Waals surface area contributed by atoms with Crippen LogP contribution in [0.2, 0.25) is 0 Å². The second-order valence-corrected chi connectivity index (χ2v) is 5.49. The summed E-state index contributed by atoms with van der Waals surface area (Å²) >= 11 is 0. The Hall–Kier alpha value is -0.970. The van der Waals surface area contributed by atoms with E-state index in [2.05, 4.69) is 16.7 Å². The Kier molecular flexibility index (Phi) is 4.91. The van der Waals surface area contributed by atoms with Gasteiger partial charge >= 0.3 is 0 Å². The molecule has 3 nitrogen and oxygen atoms in total. The predicted molar refractivity (Wildman–Crippen MR) is 70.1 cm³/mol. The summed E-state index contributed by atoms with van der Waals surface area (Å²) in [6.07, 6.45) is 4.39. The molecule has 0 aromatic heterocycles. The summed E-state index contributed by atoms with van der Waals surface area (Å²) in [4.78, 5) is 11.9. The number of alkyl halides is 2. The second kappa shape index (κ2) is 6.46. The van der Waals surface area contributed by atoms with Crippen molar-refractivity contribution in [2.75, 3.05) is 19.6 Å². The van der Waals surface area contributed by atoms with E-state index in [9.17, 15) is 13.6 Å². The van der Waals surface area contributed by atoms with E-state index in [4.69, 9.17) is 0 Å². The maximum atomic E-state index is 13.0. The molecule has 0 aromatic carbocycles. The third-order valence-corrected chi connectivity index (χ3v) is 3.99. The van der Waals surface area contributed by atoms with Crippen molar-refractivity contribution < 1.29 is 13.6 Å². The minimum Gasteiger partial charge on any atom is -0.356 e. The molecular formula is C14H22F2N2O. The van der Waals surface area contributed by atoms with Gasteiger partial charge in [0.05, 0.1) is 0 Å². The number of nitrogens with one attached hydrogen (secondary N) is 2. The fourth-order valence-electron chi connectivity index (χ4n) is 2.69. The van der Waals surface area contributed by atoms with Gasteiger partial charge in [0.1, 0.15) is 0 Å². The number of hydrogen-bond donors (Lipinski definition) is 2. The maximum absolute atomic E-state index is 13.0. The minimum atomic E-state index is -2.56. The van der Waals surface area contributed by atoms with Gasteiger partial charge in [-0.3, -0.25) is 4.79 Å². The summed E-state index contributed by atoms with van der Waals surface area (Å²) in [5, 5.41) is 6.12. The molecule has 5 heteroatoms. The first-order valence-corrected chi connectivity index (χ1v) is 7.11. The molecule has 2 aliphatic rings. The Morgan fingerprint density at radius 3 is 2.79 bits per heavy atom. The topological polar surface area (TPSA) is 41.1 Å². The smallest absolute Gasteiger partial charge is 0.248 e. The third kappa shape index (κ3) is 4.56. The van der Waals surface area contributed by atoms with Crippen LogP contribution in [0.4, 0.5) is 8.78 Å². The lowest BCUT2D eigenvalue weighted by molar-refractivity contribution is -0.129. The average molecular weight is 272 g/mol. The van der Waals surface area contributed by atoms with Crippen molar-refractivity contribution in [3.05, 3.63) is 11.6 Å². The summed E-state index contributed by atoms with van der Waals surface area (Å²) in [7, 11) is 0. The summed E-state index contributed by atoms with van der Waals surface area (Å²) in [5.74, 6) is -2.83. The molecule has 0 spiro atoms. The van der Waals surface area contributed by atoms with Gasteiger partial charge in [-0.15, -0.1) is 0 Å². The van der Waals surface area contributed by atoms with Gasteiger partial charge in [-0.25, -0.2) is 8.78 Å². The fraction of sp³-hybridized carbons (Fsp3) is 0.786. The van der Waals surface area contributed by atoms with E-state index in [-0.39, 0.29) is 24.7 Å². The average Bonchev–Trinajstić information content (AvgIpc) is 2.39. The number of carbonyl (C=O) groups is 1. The van der Waals surface area contributed by atoms with Crippen molar-refractivity contribution in [3.8, 4) is 0 Å². The van der Waals surface area contributed by atoms with Crippen LogP contribution in [0.3, 0.4) is 0 Å². The van der Waals surface area contributed by atoms with Gasteiger partial charge in [0.15, 0.2) is 0 Å². The monoisotopic (exact) mass is 272 g/mol. The Bertz CT molecular complexity index is 345.